The molecule has 156 valence electrons. The molecule has 0 unspecified atom stereocenters. The van der Waals surface area contributed by atoms with E-state index in [4.69, 9.17) is 4.74 Å². The molecule has 1 aliphatic heterocycles. The van der Waals surface area contributed by atoms with Gasteiger partial charge in [-0.15, -0.1) is 5.10 Å². The second-order valence-corrected chi connectivity index (χ2v) is 8.45. The minimum atomic E-state index is -0.318. The number of aromatic nitrogens is 4. The first-order valence-corrected chi connectivity index (χ1v) is 11.0. The van der Waals surface area contributed by atoms with Crippen LogP contribution < -0.4 is 0 Å². The molecule has 4 rings (SSSR count). The number of rotatable bonds is 5. The van der Waals surface area contributed by atoms with Crippen molar-refractivity contribution in [3.05, 3.63) is 35.7 Å². The van der Waals surface area contributed by atoms with E-state index in [1.54, 1.807) is 6.07 Å². The monoisotopic (exact) mass is 397 g/mol. The van der Waals surface area contributed by atoms with E-state index in [1.165, 1.54) is 32.1 Å². The molecule has 7 nitrogen and oxygen atoms in total. The fourth-order valence-corrected chi connectivity index (χ4v) is 4.87. The number of esters is 1. The molecule has 2 aliphatic rings. The molecule has 0 bridgehead atoms. The summed E-state index contributed by atoms with van der Waals surface area (Å²) in [5.74, 6) is 1.33. The normalized spacial score (nSPS) is 25.7. The van der Waals surface area contributed by atoms with Gasteiger partial charge in [0, 0.05) is 0 Å². The number of piperidine rings is 1. The summed E-state index contributed by atoms with van der Waals surface area (Å²) in [5, 5.41) is 13.0. The molecule has 2 fully saturated rings. The van der Waals surface area contributed by atoms with E-state index in [-0.39, 0.29) is 11.5 Å². The Labute approximate surface area is 172 Å². The van der Waals surface area contributed by atoms with Gasteiger partial charge in [0.05, 0.1) is 23.4 Å². The first-order valence-electron chi connectivity index (χ1n) is 11.0. The molecule has 0 radical (unpaired) electrons. The Kier molecular flexibility index (Phi) is 5.94. The van der Waals surface area contributed by atoms with Crippen molar-refractivity contribution in [1.29, 1.82) is 0 Å². The predicted octanol–water partition coefficient (Wildman–Crippen LogP) is 3.73. The average Bonchev–Trinajstić information content (AvgIpc) is 3.26. The Morgan fingerprint density at radius 2 is 1.97 bits per heavy atom. The fraction of sp³-hybridized carbons (Fsp3) is 0.636. The fourth-order valence-electron chi connectivity index (χ4n) is 4.87. The topological polar surface area (TPSA) is 73.1 Å². The standard InChI is InChI=1S/C22H31N5O2/c1-3-29-20(28)18-8-7-9-19(16-18)27-21(23-24-25-27)22(12-10-17(2)11-13-22)26-14-5-4-6-15-26/h7-9,16-17H,3-6,10-15H2,1-2H3. The highest BCUT2D eigenvalue weighted by Crippen LogP contribution is 2.44. The Hall–Kier alpha value is -2.28. The molecule has 0 N–H and O–H groups in total. The van der Waals surface area contributed by atoms with Gasteiger partial charge in [-0.05, 0) is 93.1 Å². The zero-order valence-electron chi connectivity index (χ0n) is 17.5. The van der Waals surface area contributed by atoms with Crippen LogP contribution in [-0.4, -0.2) is 50.8 Å². The molecule has 1 aliphatic carbocycles. The number of likely N-dealkylation sites (tertiary alicyclic amines) is 1. The van der Waals surface area contributed by atoms with Crippen LogP contribution in [0.3, 0.4) is 0 Å². The first kappa shape index (κ1) is 20.0. The van der Waals surface area contributed by atoms with Crippen molar-refractivity contribution in [2.75, 3.05) is 19.7 Å². The minimum absolute atomic E-state index is 0.129. The Morgan fingerprint density at radius 3 is 2.69 bits per heavy atom. The van der Waals surface area contributed by atoms with Crippen molar-refractivity contribution >= 4 is 5.97 Å². The molecule has 1 aromatic carbocycles. The van der Waals surface area contributed by atoms with E-state index < -0.39 is 0 Å². The van der Waals surface area contributed by atoms with Crippen molar-refractivity contribution < 1.29 is 9.53 Å². The maximum Gasteiger partial charge on any atom is 0.338 e. The molecule has 1 aromatic heterocycles. The highest BCUT2D eigenvalue weighted by molar-refractivity contribution is 5.90. The van der Waals surface area contributed by atoms with Gasteiger partial charge >= 0.3 is 5.97 Å². The van der Waals surface area contributed by atoms with Gasteiger partial charge in [0.1, 0.15) is 0 Å². The van der Waals surface area contributed by atoms with Crippen LogP contribution in [0.5, 0.6) is 0 Å². The van der Waals surface area contributed by atoms with Crippen molar-refractivity contribution in [2.45, 2.75) is 64.3 Å². The van der Waals surface area contributed by atoms with Crippen molar-refractivity contribution in [1.82, 2.24) is 25.1 Å². The number of ether oxygens (including phenoxy) is 1. The van der Waals surface area contributed by atoms with E-state index in [0.29, 0.717) is 12.2 Å². The maximum atomic E-state index is 12.2. The largest absolute Gasteiger partial charge is 0.462 e. The van der Waals surface area contributed by atoms with Gasteiger partial charge in [0.25, 0.3) is 0 Å². The lowest BCUT2D eigenvalue weighted by Gasteiger charge is -2.48. The van der Waals surface area contributed by atoms with E-state index in [1.807, 2.05) is 29.8 Å². The highest BCUT2D eigenvalue weighted by Gasteiger charge is 2.45. The van der Waals surface area contributed by atoms with E-state index >= 15 is 0 Å². The zero-order valence-corrected chi connectivity index (χ0v) is 17.5. The summed E-state index contributed by atoms with van der Waals surface area (Å²) in [7, 11) is 0. The quantitative estimate of drug-likeness (QED) is 0.716. The minimum Gasteiger partial charge on any atom is -0.462 e. The lowest BCUT2D eigenvalue weighted by molar-refractivity contribution is 0.0110. The van der Waals surface area contributed by atoms with Crippen molar-refractivity contribution in [2.24, 2.45) is 5.92 Å². The van der Waals surface area contributed by atoms with Gasteiger partial charge in [-0.2, -0.15) is 4.68 Å². The van der Waals surface area contributed by atoms with Crippen LogP contribution in [0.2, 0.25) is 0 Å². The number of nitrogens with zero attached hydrogens (tertiary/aromatic N) is 5. The van der Waals surface area contributed by atoms with Gasteiger partial charge in [-0.25, -0.2) is 4.79 Å². The van der Waals surface area contributed by atoms with Crippen LogP contribution in [0, 0.1) is 5.92 Å². The number of tetrazole rings is 1. The second-order valence-electron chi connectivity index (χ2n) is 8.45. The van der Waals surface area contributed by atoms with Gasteiger partial charge in [0.15, 0.2) is 5.82 Å². The van der Waals surface area contributed by atoms with Crippen LogP contribution in [0.25, 0.3) is 5.69 Å². The van der Waals surface area contributed by atoms with Gasteiger partial charge in [-0.1, -0.05) is 19.4 Å². The Bertz CT molecular complexity index is 835. The number of hydrogen-bond acceptors (Lipinski definition) is 6. The number of benzene rings is 1. The zero-order chi connectivity index (χ0) is 20.3. The van der Waals surface area contributed by atoms with Gasteiger partial charge < -0.3 is 4.74 Å². The van der Waals surface area contributed by atoms with Crippen LogP contribution >= 0.6 is 0 Å². The van der Waals surface area contributed by atoms with Crippen molar-refractivity contribution in [3.8, 4) is 5.69 Å². The van der Waals surface area contributed by atoms with Gasteiger partial charge in [-0.3, -0.25) is 4.90 Å². The molecular formula is C22H31N5O2. The highest BCUT2D eigenvalue weighted by atomic mass is 16.5. The van der Waals surface area contributed by atoms with Crippen LogP contribution in [0.1, 0.15) is 75.0 Å². The Morgan fingerprint density at radius 1 is 1.21 bits per heavy atom. The molecular weight excluding hydrogens is 366 g/mol. The summed E-state index contributed by atoms with van der Waals surface area (Å²) < 4.78 is 7.01. The lowest BCUT2D eigenvalue weighted by Crippen LogP contribution is -2.52. The second kappa shape index (κ2) is 8.61. The molecule has 0 amide bonds. The predicted molar refractivity (Wildman–Crippen MR) is 110 cm³/mol. The SMILES string of the molecule is CCOC(=O)c1cccc(-n2nnnc2C2(N3CCCCC3)CCC(C)CC2)c1. The molecule has 7 heteroatoms. The third-order valence-corrected chi connectivity index (χ3v) is 6.55. The summed E-state index contributed by atoms with van der Waals surface area (Å²) in [6.45, 7) is 6.71. The van der Waals surface area contributed by atoms with Crippen LogP contribution in [-0.2, 0) is 10.3 Å². The summed E-state index contributed by atoms with van der Waals surface area (Å²) >= 11 is 0. The molecule has 29 heavy (non-hydrogen) atoms. The third-order valence-electron chi connectivity index (χ3n) is 6.55. The lowest BCUT2D eigenvalue weighted by atomic mass is 9.74. The van der Waals surface area contributed by atoms with E-state index in [9.17, 15) is 4.79 Å². The van der Waals surface area contributed by atoms with Crippen LogP contribution in [0.15, 0.2) is 24.3 Å². The summed E-state index contributed by atoms with van der Waals surface area (Å²) in [5.41, 5.74) is 1.21. The molecule has 1 saturated carbocycles. The third kappa shape index (κ3) is 3.92. The van der Waals surface area contributed by atoms with Crippen LogP contribution in [0.4, 0.5) is 0 Å². The molecule has 2 aromatic rings. The average molecular weight is 398 g/mol. The molecule has 2 heterocycles. The maximum absolute atomic E-state index is 12.2. The summed E-state index contributed by atoms with van der Waals surface area (Å²) in [4.78, 5) is 14.8. The van der Waals surface area contributed by atoms with Gasteiger partial charge in [0.2, 0.25) is 0 Å². The summed E-state index contributed by atoms with van der Waals surface area (Å²) in [6.07, 6.45) is 8.29. The molecule has 1 saturated heterocycles. The smallest absolute Gasteiger partial charge is 0.338 e. The van der Waals surface area contributed by atoms with Crippen molar-refractivity contribution in [3.63, 3.8) is 0 Å². The summed E-state index contributed by atoms with van der Waals surface area (Å²) in [6, 6.07) is 7.42. The first-order chi connectivity index (χ1) is 14.1. The van der Waals surface area contributed by atoms with E-state index in [0.717, 1.165) is 43.4 Å². The number of carbonyl (C=O) groups is 1. The number of hydrogen-bond donors (Lipinski definition) is 0. The molecule has 0 spiro atoms. The Balaban J connectivity index is 1.73. The number of carbonyl (C=O) groups excluding carboxylic acids is 1. The molecule has 0 atom stereocenters. The van der Waals surface area contributed by atoms with E-state index in [2.05, 4.69) is 27.3 Å².